The van der Waals surface area contributed by atoms with Crippen LogP contribution in [0.5, 0.6) is 0 Å². The lowest BCUT2D eigenvalue weighted by Crippen LogP contribution is -2.11. The van der Waals surface area contributed by atoms with E-state index in [1.807, 2.05) is 60.7 Å². The predicted octanol–water partition coefficient (Wildman–Crippen LogP) is 3.35. The van der Waals surface area contributed by atoms with Crippen molar-refractivity contribution in [1.29, 1.82) is 0 Å². The fourth-order valence-corrected chi connectivity index (χ4v) is 2.24. The van der Waals surface area contributed by atoms with Gasteiger partial charge in [0.25, 0.3) is 0 Å². The molecule has 0 spiro atoms. The molecule has 2 N–H and O–H groups in total. The van der Waals surface area contributed by atoms with Crippen molar-refractivity contribution >= 4 is 17.3 Å². The Morgan fingerprint density at radius 1 is 0.826 bits per heavy atom. The van der Waals surface area contributed by atoms with Gasteiger partial charge in [-0.15, -0.1) is 0 Å². The minimum absolute atomic E-state index is 0.340. The van der Waals surface area contributed by atoms with Crippen LogP contribution in [0.25, 0.3) is 0 Å². The fourth-order valence-electron chi connectivity index (χ4n) is 2.24. The van der Waals surface area contributed by atoms with Crippen molar-refractivity contribution in [1.82, 2.24) is 4.98 Å². The van der Waals surface area contributed by atoms with Gasteiger partial charge in [-0.2, -0.15) is 0 Å². The van der Waals surface area contributed by atoms with E-state index >= 15 is 0 Å². The Labute approximate surface area is 134 Å². The molecule has 4 heteroatoms. The van der Waals surface area contributed by atoms with E-state index in [4.69, 9.17) is 5.73 Å². The number of carbonyl (C=O) groups is 1. The van der Waals surface area contributed by atoms with Crippen LogP contribution in [0, 0.1) is 0 Å². The standard InChI is InChI=1S/C19H15N3O/c20-19(23)16-11-17(13-21-12-16)22-18(14-7-3-1-4-8-14)15-9-5-2-6-10-15/h1-13H,(H2,20,23). The number of hydrogen-bond donors (Lipinski definition) is 1. The Morgan fingerprint density at radius 3 is 1.91 bits per heavy atom. The predicted molar refractivity (Wildman–Crippen MR) is 90.9 cm³/mol. The maximum absolute atomic E-state index is 11.3. The number of primary amides is 1. The van der Waals surface area contributed by atoms with Crippen molar-refractivity contribution < 1.29 is 4.79 Å². The summed E-state index contributed by atoms with van der Waals surface area (Å²) in [5.74, 6) is -0.518. The second kappa shape index (κ2) is 6.66. The highest BCUT2D eigenvalue weighted by Gasteiger charge is 2.08. The van der Waals surface area contributed by atoms with Crippen LogP contribution in [0.4, 0.5) is 5.69 Å². The van der Waals surface area contributed by atoms with Gasteiger partial charge in [0.15, 0.2) is 0 Å². The Kier molecular flexibility index (Phi) is 4.25. The number of carbonyl (C=O) groups excluding carboxylic acids is 1. The number of aromatic nitrogens is 1. The van der Waals surface area contributed by atoms with Gasteiger partial charge >= 0.3 is 0 Å². The van der Waals surface area contributed by atoms with Gasteiger partial charge in [0.2, 0.25) is 5.91 Å². The summed E-state index contributed by atoms with van der Waals surface area (Å²) in [5, 5.41) is 0. The Bertz CT molecular complexity index is 801. The van der Waals surface area contributed by atoms with E-state index in [2.05, 4.69) is 9.98 Å². The molecular formula is C19H15N3O. The first-order valence-corrected chi connectivity index (χ1v) is 7.18. The summed E-state index contributed by atoms with van der Waals surface area (Å²) in [6.45, 7) is 0. The van der Waals surface area contributed by atoms with Crippen LogP contribution >= 0.6 is 0 Å². The summed E-state index contributed by atoms with van der Waals surface area (Å²) >= 11 is 0. The molecule has 0 atom stereocenters. The van der Waals surface area contributed by atoms with Crippen molar-refractivity contribution in [3.63, 3.8) is 0 Å². The second-order valence-electron chi connectivity index (χ2n) is 4.99. The van der Waals surface area contributed by atoms with Crippen LogP contribution in [0.1, 0.15) is 21.5 Å². The molecule has 0 bridgehead atoms. The molecule has 1 aromatic heterocycles. The van der Waals surface area contributed by atoms with E-state index in [1.165, 1.54) is 6.20 Å². The van der Waals surface area contributed by atoms with Gasteiger partial charge in [-0.1, -0.05) is 60.7 Å². The Balaban J connectivity index is 2.12. The average Bonchev–Trinajstić information content (AvgIpc) is 2.61. The molecular weight excluding hydrogens is 286 g/mol. The molecule has 3 aromatic rings. The average molecular weight is 301 g/mol. The second-order valence-corrected chi connectivity index (χ2v) is 4.99. The molecule has 0 unspecified atom stereocenters. The lowest BCUT2D eigenvalue weighted by atomic mass is 10.0. The first kappa shape index (κ1) is 14.7. The Hall–Kier alpha value is -3.27. The molecule has 23 heavy (non-hydrogen) atoms. The monoisotopic (exact) mass is 301 g/mol. The maximum atomic E-state index is 11.3. The topological polar surface area (TPSA) is 68.3 Å². The highest BCUT2D eigenvalue weighted by molar-refractivity contribution is 6.14. The summed E-state index contributed by atoms with van der Waals surface area (Å²) in [6, 6.07) is 21.4. The van der Waals surface area contributed by atoms with Crippen LogP contribution in [0.3, 0.4) is 0 Å². The van der Waals surface area contributed by atoms with Crippen LogP contribution in [0.15, 0.2) is 84.1 Å². The number of pyridine rings is 1. The van der Waals surface area contributed by atoms with Crippen LogP contribution < -0.4 is 5.73 Å². The highest BCUT2D eigenvalue weighted by Crippen LogP contribution is 2.18. The third-order valence-corrected chi connectivity index (χ3v) is 3.34. The lowest BCUT2D eigenvalue weighted by molar-refractivity contribution is 0.1000. The molecule has 112 valence electrons. The molecule has 0 aliphatic rings. The van der Waals surface area contributed by atoms with Gasteiger partial charge in [-0.25, -0.2) is 4.99 Å². The molecule has 4 nitrogen and oxygen atoms in total. The first-order chi connectivity index (χ1) is 11.2. The van der Waals surface area contributed by atoms with Gasteiger partial charge in [-0.3, -0.25) is 9.78 Å². The zero-order chi connectivity index (χ0) is 16.1. The number of nitrogens with zero attached hydrogens (tertiary/aromatic N) is 2. The number of rotatable bonds is 4. The van der Waals surface area contributed by atoms with Crippen LogP contribution in [-0.4, -0.2) is 16.6 Å². The maximum Gasteiger partial charge on any atom is 0.250 e. The molecule has 1 amide bonds. The molecule has 1 heterocycles. The first-order valence-electron chi connectivity index (χ1n) is 7.18. The van der Waals surface area contributed by atoms with E-state index in [0.717, 1.165) is 16.8 Å². The van der Waals surface area contributed by atoms with Crippen molar-refractivity contribution in [2.75, 3.05) is 0 Å². The van der Waals surface area contributed by atoms with Crippen molar-refractivity contribution in [3.05, 3.63) is 95.8 Å². The van der Waals surface area contributed by atoms with E-state index < -0.39 is 5.91 Å². The van der Waals surface area contributed by atoms with Gasteiger partial charge in [-0.05, 0) is 6.07 Å². The molecule has 0 aliphatic carbocycles. The van der Waals surface area contributed by atoms with Gasteiger partial charge in [0, 0.05) is 17.3 Å². The number of nitrogens with two attached hydrogens (primary N) is 1. The van der Waals surface area contributed by atoms with Crippen LogP contribution in [0.2, 0.25) is 0 Å². The summed E-state index contributed by atoms with van der Waals surface area (Å²) < 4.78 is 0. The summed E-state index contributed by atoms with van der Waals surface area (Å²) in [6.07, 6.45) is 3.05. The van der Waals surface area contributed by atoms with Crippen molar-refractivity contribution in [2.45, 2.75) is 0 Å². The van der Waals surface area contributed by atoms with E-state index in [9.17, 15) is 4.79 Å². The van der Waals surface area contributed by atoms with E-state index in [0.29, 0.717) is 11.3 Å². The number of amides is 1. The minimum Gasteiger partial charge on any atom is -0.366 e. The summed E-state index contributed by atoms with van der Waals surface area (Å²) in [4.78, 5) is 20.0. The zero-order valence-corrected chi connectivity index (χ0v) is 12.4. The van der Waals surface area contributed by atoms with E-state index in [1.54, 1.807) is 12.3 Å². The molecule has 2 aromatic carbocycles. The summed E-state index contributed by atoms with van der Waals surface area (Å²) in [5.41, 5.74) is 9.03. The smallest absolute Gasteiger partial charge is 0.250 e. The molecule has 0 saturated heterocycles. The molecule has 0 aliphatic heterocycles. The Morgan fingerprint density at radius 2 is 1.39 bits per heavy atom. The van der Waals surface area contributed by atoms with Crippen molar-refractivity contribution in [3.8, 4) is 0 Å². The van der Waals surface area contributed by atoms with Gasteiger partial charge in [0.1, 0.15) is 0 Å². The molecule has 3 rings (SSSR count). The highest BCUT2D eigenvalue weighted by atomic mass is 16.1. The third kappa shape index (κ3) is 3.49. The largest absolute Gasteiger partial charge is 0.366 e. The van der Waals surface area contributed by atoms with Crippen molar-refractivity contribution in [2.24, 2.45) is 10.7 Å². The van der Waals surface area contributed by atoms with Gasteiger partial charge in [0.05, 0.1) is 23.2 Å². The fraction of sp³-hybridized carbons (Fsp3) is 0. The quantitative estimate of drug-likeness (QED) is 0.751. The van der Waals surface area contributed by atoms with Gasteiger partial charge < -0.3 is 5.73 Å². The SMILES string of the molecule is NC(=O)c1cncc(N=C(c2ccccc2)c2ccccc2)c1. The zero-order valence-electron chi connectivity index (χ0n) is 12.4. The number of aliphatic imine (C=N–C) groups is 1. The normalized spacial score (nSPS) is 10.1. The summed E-state index contributed by atoms with van der Waals surface area (Å²) in [7, 11) is 0. The number of hydrogen-bond acceptors (Lipinski definition) is 3. The third-order valence-electron chi connectivity index (χ3n) is 3.34. The molecule has 0 radical (unpaired) electrons. The minimum atomic E-state index is -0.518. The molecule has 0 fully saturated rings. The van der Waals surface area contributed by atoms with Crippen LogP contribution in [-0.2, 0) is 0 Å². The molecule has 0 saturated carbocycles. The number of benzene rings is 2. The van der Waals surface area contributed by atoms with E-state index in [-0.39, 0.29) is 0 Å². The lowest BCUT2D eigenvalue weighted by Gasteiger charge is -2.08.